The number of alkyl halides is 3. The van der Waals surface area contributed by atoms with E-state index in [1.807, 2.05) is 0 Å². The van der Waals surface area contributed by atoms with Gasteiger partial charge in [0.1, 0.15) is 0 Å². The Morgan fingerprint density at radius 2 is 2.13 bits per heavy atom. The number of carbonyl (C=O) groups excluding carboxylic acids is 1. The molecule has 1 unspecified atom stereocenters. The van der Waals surface area contributed by atoms with Gasteiger partial charge in [0.25, 0.3) is 0 Å². The third kappa shape index (κ3) is 2.71. The van der Waals surface area contributed by atoms with Crippen LogP contribution in [0.5, 0.6) is 0 Å². The van der Waals surface area contributed by atoms with Gasteiger partial charge in [-0.2, -0.15) is 13.2 Å². The highest BCUT2D eigenvalue weighted by molar-refractivity contribution is 7.10. The van der Waals surface area contributed by atoms with Gasteiger partial charge in [0.05, 0.1) is 6.04 Å². The number of amides is 1. The summed E-state index contributed by atoms with van der Waals surface area (Å²) < 4.78 is 36.3. The summed E-state index contributed by atoms with van der Waals surface area (Å²) in [5, 5.41) is 1.76. The molecule has 0 saturated heterocycles. The Bertz CT molecular complexity index is 334. The molecule has 0 fully saturated rings. The van der Waals surface area contributed by atoms with Crippen molar-refractivity contribution in [1.29, 1.82) is 0 Å². The molecule has 1 aromatic rings. The number of nitrogens with zero attached hydrogens (tertiary/aromatic N) is 1. The Kier molecular flexibility index (Phi) is 3.38. The van der Waals surface area contributed by atoms with Crippen molar-refractivity contribution in [2.24, 2.45) is 0 Å². The molecule has 0 N–H and O–H groups in total. The highest BCUT2D eigenvalue weighted by Crippen LogP contribution is 2.27. The van der Waals surface area contributed by atoms with Crippen molar-refractivity contribution in [1.82, 2.24) is 4.90 Å². The number of halogens is 3. The molecule has 1 rings (SSSR count). The Hall–Kier alpha value is -1.04. The third-order valence-electron chi connectivity index (χ3n) is 2.10. The zero-order valence-corrected chi connectivity index (χ0v) is 9.02. The Labute approximate surface area is 89.3 Å². The first-order valence-corrected chi connectivity index (χ1v) is 5.09. The van der Waals surface area contributed by atoms with Crippen molar-refractivity contribution in [2.45, 2.75) is 19.1 Å². The highest BCUT2D eigenvalue weighted by Gasteiger charge is 2.42. The molecule has 0 aliphatic carbocycles. The first kappa shape index (κ1) is 12.0. The topological polar surface area (TPSA) is 20.3 Å². The van der Waals surface area contributed by atoms with E-state index in [-0.39, 0.29) is 0 Å². The molecule has 2 nitrogen and oxygen atoms in total. The maximum absolute atomic E-state index is 12.1. The minimum atomic E-state index is -4.81. The summed E-state index contributed by atoms with van der Waals surface area (Å²) in [4.78, 5) is 12.3. The Morgan fingerprint density at radius 3 is 2.53 bits per heavy atom. The fraction of sp³-hybridized carbons (Fsp3) is 0.444. The zero-order chi connectivity index (χ0) is 11.6. The van der Waals surface area contributed by atoms with Crippen LogP contribution in [0.15, 0.2) is 17.5 Å². The normalized spacial score (nSPS) is 13.7. The van der Waals surface area contributed by atoms with Crippen molar-refractivity contribution in [3.63, 3.8) is 0 Å². The molecule has 1 heterocycles. The number of hydrogen-bond donors (Lipinski definition) is 0. The molecule has 0 spiro atoms. The molecule has 0 bridgehead atoms. The molecular weight excluding hydrogens is 227 g/mol. The van der Waals surface area contributed by atoms with E-state index in [1.165, 1.54) is 11.3 Å². The fourth-order valence-corrected chi connectivity index (χ4v) is 1.92. The standard InChI is InChI=1S/C9H10F3NOS/c1-6(7-4-3-5-15-7)13(2)8(14)9(10,11)12/h3-6H,1-2H3. The van der Waals surface area contributed by atoms with Gasteiger partial charge in [0.15, 0.2) is 0 Å². The van der Waals surface area contributed by atoms with Crippen LogP contribution in [0.3, 0.4) is 0 Å². The number of hydrogen-bond acceptors (Lipinski definition) is 2. The van der Waals surface area contributed by atoms with E-state index >= 15 is 0 Å². The molecular formula is C9H10F3NOS. The maximum Gasteiger partial charge on any atom is 0.471 e. The molecule has 15 heavy (non-hydrogen) atoms. The van der Waals surface area contributed by atoms with Crippen LogP contribution < -0.4 is 0 Å². The minimum absolute atomic E-state index is 0.556. The first-order chi connectivity index (χ1) is 6.84. The van der Waals surface area contributed by atoms with E-state index in [2.05, 4.69) is 0 Å². The van der Waals surface area contributed by atoms with Crippen LogP contribution in [-0.2, 0) is 4.79 Å². The van der Waals surface area contributed by atoms with E-state index in [0.29, 0.717) is 4.90 Å². The Balaban J connectivity index is 2.78. The quantitative estimate of drug-likeness (QED) is 0.774. The number of thiophene rings is 1. The van der Waals surface area contributed by atoms with Gasteiger partial charge in [0.2, 0.25) is 0 Å². The van der Waals surface area contributed by atoms with E-state index in [0.717, 1.165) is 11.9 Å². The zero-order valence-electron chi connectivity index (χ0n) is 8.21. The van der Waals surface area contributed by atoms with Crippen LogP contribution in [0.1, 0.15) is 17.8 Å². The first-order valence-electron chi connectivity index (χ1n) is 4.21. The van der Waals surface area contributed by atoms with Gasteiger partial charge < -0.3 is 4.90 Å². The lowest BCUT2D eigenvalue weighted by Crippen LogP contribution is -2.39. The number of carbonyl (C=O) groups is 1. The lowest BCUT2D eigenvalue weighted by molar-refractivity contribution is -0.186. The summed E-state index contributed by atoms with van der Waals surface area (Å²) >= 11 is 1.33. The summed E-state index contributed by atoms with van der Waals surface area (Å²) in [6, 6.07) is 2.89. The largest absolute Gasteiger partial charge is 0.471 e. The maximum atomic E-state index is 12.1. The molecule has 0 saturated carbocycles. The van der Waals surface area contributed by atoms with Crippen LogP contribution in [0.4, 0.5) is 13.2 Å². The van der Waals surface area contributed by atoms with Gasteiger partial charge in [0, 0.05) is 11.9 Å². The number of rotatable bonds is 2. The van der Waals surface area contributed by atoms with E-state index in [4.69, 9.17) is 0 Å². The molecule has 84 valence electrons. The SMILES string of the molecule is CC(c1cccs1)N(C)C(=O)C(F)(F)F. The molecule has 0 aliphatic rings. The molecule has 0 aromatic carbocycles. The van der Waals surface area contributed by atoms with Crippen LogP contribution in [0.2, 0.25) is 0 Å². The van der Waals surface area contributed by atoms with Gasteiger partial charge in [-0.25, -0.2) is 0 Å². The van der Waals surface area contributed by atoms with E-state index in [9.17, 15) is 18.0 Å². The predicted octanol–water partition coefficient (Wildman–Crippen LogP) is 2.83. The van der Waals surface area contributed by atoms with E-state index in [1.54, 1.807) is 24.4 Å². The van der Waals surface area contributed by atoms with Gasteiger partial charge in [-0.1, -0.05) is 6.07 Å². The van der Waals surface area contributed by atoms with Crippen LogP contribution in [-0.4, -0.2) is 24.0 Å². The van der Waals surface area contributed by atoms with Gasteiger partial charge >= 0.3 is 12.1 Å². The summed E-state index contributed by atoms with van der Waals surface area (Å²) in [6.07, 6.45) is -4.81. The lowest BCUT2D eigenvalue weighted by atomic mass is 10.2. The van der Waals surface area contributed by atoms with Crippen LogP contribution >= 0.6 is 11.3 Å². The van der Waals surface area contributed by atoms with Gasteiger partial charge in [-0.05, 0) is 18.4 Å². The van der Waals surface area contributed by atoms with Crippen molar-refractivity contribution in [3.8, 4) is 0 Å². The van der Waals surface area contributed by atoms with E-state index < -0.39 is 18.1 Å². The average molecular weight is 237 g/mol. The molecule has 1 amide bonds. The Morgan fingerprint density at radius 1 is 1.53 bits per heavy atom. The summed E-state index contributed by atoms with van der Waals surface area (Å²) in [5.41, 5.74) is 0. The second kappa shape index (κ2) is 4.22. The smallest absolute Gasteiger partial charge is 0.330 e. The monoisotopic (exact) mass is 237 g/mol. The van der Waals surface area contributed by atoms with Crippen molar-refractivity contribution in [3.05, 3.63) is 22.4 Å². The average Bonchev–Trinajstić information content (AvgIpc) is 2.65. The van der Waals surface area contributed by atoms with Crippen molar-refractivity contribution in [2.75, 3.05) is 7.05 Å². The van der Waals surface area contributed by atoms with Crippen LogP contribution in [0.25, 0.3) is 0 Å². The summed E-state index contributed by atoms with van der Waals surface area (Å²) in [6.45, 7) is 1.56. The predicted molar refractivity (Wildman–Crippen MR) is 51.6 cm³/mol. The summed E-state index contributed by atoms with van der Waals surface area (Å²) in [5.74, 6) is -1.82. The van der Waals surface area contributed by atoms with Gasteiger partial charge in [-0.3, -0.25) is 4.79 Å². The molecule has 1 atom stereocenters. The van der Waals surface area contributed by atoms with Crippen molar-refractivity contribution < 1.29 is 18.0 Å². The molecule has 1 aromatic heterocycles. The van der Waals surface area contributed by atoms with Crippen molar-refractivity contribution >= 4 is 17.2 Å². The summed E-state index contributed by atoms with van der Waals surface area (Å²) in [7, 11) is 1.15. The third-order valence-corrected chi connectivity index (χ3v) is 3.14. The lowest BCUT2D eigenvalue weighted by Gasteiger charge is -2.24. The molecule has 0 aliphatic heterocycles. The second-order valence-electron chi connectivity index (χ2n) is 3.11. The van der Waals surface area contributed by atoms with Crippen LogP contribution in [0, 0.1) is 0 Å². The fourth-order valence-electron chi connectivity index (χ4n) is 1.10. The highest BCUT2D eigenvalue weighted by atomic mass is 32.1. The van der Waals surface area contributed by atoms with Gasteiger partial charge in [-0.15, -0.1) is 11.3 Å². The minimum Gasteiger partial charge on any atom is -0.330 e. The molecule has 0 radical (unpaired) electrons. The second-order valence-corrected chi connectivity index (χ2v) is 4.08. The molecule has 6 heteroatoms.